The van der Waals surface area contributed by atoms with Crippen LogP contribution < -0.4 is 5.32 Å². The highest BCUT2D eigenvalue weighted by Gasteiger charge is 2.33. The maximum atomic E-state index is 12.5. The number of amides is 1. The number of thiophene rings is 1. The molecule has 6 nitrogen and oxygen atoms in total. The van der Waals surface area contributed by atoms with E-state index >= 15 is 0 Å². The van der Waals surface area contributed by atoms with Crippen molar-refractivity contribution >= 4 is 55.3 Å². The van der Waals surface area contributed by atoms with Gasteiger partial charge in [-0.3, -0.25) is 4.79 Å². The van der Waals surface area contributed by atoms with Crippen LogP contribution in [0, 0.1) is 5.92 Å². The molecule has 0 aliphatic carbocycles. The monoisotopic (exact) mass is 391 g/mol. The van der Waals surface area contributed by atoms with E-state index in [4.69, 9.17) is 11.6 Å². The second-order valence-corrected chi connectivity index (χ2v) is 9.84. The van der Waals surface area contributed by atoms with Crippen LogP contribution in [0.4, 0.5) is 5.13 Å². The van der Waals surface area contributed by atoms with Gasteiger partial charge < -0.3 is 5.32 Å². The molecule has 3 heterocycles. The van der Waals surface area contributed by atoms with Gasteiger partial charge in [-0.05, 0) is 25.0 Å². The molecule has 0 atom stereocenters. The zero-order valence-corrected chi connectivity index (χ0v) is 15.1. The lowest BCUT2D eigenvalue weighted by molar-refractivity contribution is -0.120. The largest absolute Gasteiger partial charge is 0.302 e. The number of sulfonamides is 1. The van der Waals surface area contributed by atoms with E-state index < -0.39 is 10.0 Å². The normalized spacial score (nSPS) is 17.3. The van der Waals surface area contributed by atoms with Crippen LogP contribution in [-0.2, 0) is 14.8 Å². The van der Waals surface area contributed by atoms with Crippen LogP contribution in [0.2, 0.25) is 4.34 Å². The van der Waals surface area contributed by atoms with Crippen molar-refractivity contribution in [2.45, 2.75) is 17.1 Å². The number of anilines is 1. The molecule has 0 unspecified atom stereocenters. The number of piperidine rings is 1. The number of carbonyl (C=O) groups is 1. The summed E-state index contributed by atoms with van der Waals surface area (Å²) in [6.07, 6.45) is 2.62. The minimum Gasteiger partial charge on any atom is -0.302 e. The third kappa shape index (κ3) is 3.74. The third-order valence-corrected chi connectivity index (χ3v) is 7.92. The van der Waals surface area contributed by atoms with Crippen LogP contribution in [-0.4, -0.2) is 36.7 Å². The molecule has 0 spiro atoms. The van der Waals surface area contributed by atoms with Gasteiger partial charge in [-0.25, -0.2) is 13.4 Å². The van der Waals surface area contributed by atoms with Crippen molar-refractivity contribution in [2.24, 2.45) is 5.92 Å². The van der Waals surface area contributed by atoms with E-state index in [-0.39, 0.29) is 16.0 Å². The first-order valence-corrected chi connectivity index (χ1v) is 10.4. The summed E-state index contributed by atoms with van der Waals surface area (Å²) < 4.78 is 27.1. The molecule has 1 aliphatic heterocycles. The standard InChI is InChI=1S/C13H14ClN3O3S3/c14-10-1-2-11(22-10)23(19,20)17-6-3-9(4-7-17)12(18)16-13-15-5-8-21-13/h1-2,5,8-9H,3-4,6-7H2,(H,15,16,18). The van der Waals surface area contributed by atoms with Gasteiger partial charge in [-0.15, -0.1) is 22.7 Å². The van der Waals surface area contributed by atoms with Crippen molar-refractivity contribution in [3.05, 3.63) is 28.0 Å². The molecule has 0 saturated carbocycles. The van der Waals surface area contributed by atoms with Gasteiger partial charge in [-0.2, -0.15) is 4.31 Å². The van der Waals surface area contributed by atoms with Crippen LogP contribution in [0.25, 0.3) is 0 Å². The third-order valence-electron chi connectivity index (χ3n) is 3.63. The fourth-order valence-corrected chi connectivity index (χ4v) is 6.05. The Kier molecular flexibility index (Phi) is 5.02. The molecule has 2 aromatic heterocycles. The summed E-state index contributed by atoms with van der Waals surface area (Å²) in [6.45, 7) is 0.654. The highest BCUT2D eigenvalue weighted by atomic mass is 35.5. The fourth-order valence-electron chi connectivity index (χ4n) is 2.41. The van der Waals surface area contributed by atoms with Crippen molar-refractivity contribution < 1.29 is 13.2 Å². The Morgan fingerprint density at radius 1 is 1.35 bits per heavy atom. The van der Waals surface area contributed by atoms with E-state index in [0.29, 0.717) is 35.4 Å². The summed E-state index contributed by atoms with van der Waals surface area (Å²) in [4.78, 5) is 16.2. The maximum Gasteiger partial charge on any atom is 0.252 e. The maximum absolute atomic E-state index is 12.5. The van der Waals surface area contributed by atoms with Crippen molar-refractivity contribution in [2.75, 3.05) is 18.4 Å². The summed E-state index contributed by atoms with van der Waals surface area (Å²) in [6, 6.07) is 3.09. The first-order chi connectivity index (χ1) is 11.0. The molecule has 0 radical (unpaired) electrons. The van der Waals surface area contributed by atoms with Crippen LogP contribution in [0.5, 0.6) is 0 Å². The second kappa shape index (κ2) is 6.86. The smallest absolute Gasteiger partial charge is 0.252 e. The highest BCUT2D eigenvalue weighted by Crippen LogP contribution is 2.30. The molecule has 23 heavy (non-hydrogen) atoms. The Balaban J connectivity index is 1.61. The van der Waals surface area contributed by atoms with Gasteiger partial charge in [0, 0.05) is 30.6 Å². The van der Waals surface area contributed by atoms with E-state index in [1.165, 1.54) is 21.7 Å². The Morgan fingerprint density at radius 2 is 2.09 bits per heavy atom. The number of thiazole rings is 1. The molecule has 0 bridgehead atoms. The number of nitrogens with zero attached hydrogens (tertiary/aromatic N) is 2. The summed E-state index contributed by atoms with van der Waals surface area (Å²) >= 11 is 8.22. The van der Waals surface area contributed by atoms with Gasteiger partial charge in [0.25, 0.3) is 10.0 Å². The van der Waals surface area contributed by atoms with Gasteiger partial charge in [0.15, 0.2) is 5.13 Å². The fraction of sp³-hybridized carbons (Fsp3) is 0.385. The molecule has 1 saturated heterocycles. The van der Waals surface area contributed by atoms with E-state index in [9.17, 15) is 13.2 Å². The summed E-state index contributed by atoms with van der Waals surface area (Å²) in [5.74, 6) is -0.298. The number of aromatic nitrogens is 1. The number of carbonyl (C=O) groups excluding carboxylic acids is 1. The lowest BCUT2D eigenvalue weighted by Crippen LogP contribution is -2.41. The molecule has 0 aromatic carbocycles. The minimum absolute atomic E-state index is 0.101. The summed E-state index contributed by atoms with van der Waals surface area (Å²) in [7, 11) is -3.51. The lowest BCUT2D eigenvalue weighted by Gasteiger charge is -2.29. The Morgan fingerprint density at radius 3 is 2.65 bits per heavy atom. The lowest BCUT2D eigenvalue weighted by atomic mass is 9.97. The number of hydrogen-bond acceptors (Lipinski definition) is 6. The number of halogens is 1. The van der Waals surface area contributed by atoms with Gasteiger partial charge >= 0.3 is 0 Å². The van der Waals surface area contributed by atoms with Crippen molar-refractivity contribution in [1.82, 2.24) is 9.29 Å². The van der Waals surface area contributed by atoms with E-state index in [2.05, 4.69) is 10.3 Å². The number of rotatable bonds is 4. The SMILES string of the molecule is O=C(Nc1nccs1)C1CCN(S(=O)(=O)c2ccc(Cl)s2)CC1. The molecule has 1 aliphatic rings. The van der Waals surface area contributed by atoms with Crippen LogP contribution in [0.1, 0.15) is 12.8 Å². The molecule has 124 valence electrons. The highest BCUT2D eigenvalue weighted by molar-refractivity contribution is 7.91. The Bertz CT molecular complexity index is 781. The molecule has 2 aromatic rings. The first-order valence-electron chi connectivity index (χ1n) is 6.92. The molecule has 1 fully saturated rings. The van der Waals surface area contributed by atoms with E-state index in [1.54, 1.807) is 17.6 Å². The predicted molar refractivity (Wildman–Crippen MR) is 91.6 cm³/mol. The average molecular weight is 392 g/mol. The Labute approximate surface area is 147 Å². The molecule has 3 rings (SSSR count). The van der Waals surface area contributed by atoms with Gasteiger partial charge in [0.05, 0.1) is 4.34 Å². The Hall–Kier alpha value is -1.000. The second-order valence-electron chi connectivity index (χ2n) is 5.06. The summed E-state index contributed by atoms with van der Waals surface area (Å²) in [5, 5.41) is 5.12. The number of hydrogen-bond donors (Lipinski definition) is 1. The van der Waals surface area contributed by atoms with Crippen LogP contribution in [0.15, 0.2) is 27.9 Å². The quantitative estimate of drug-likeness (QED) is 0.869. The topological polar surface area (TPSA) is 79.4 Å². The predicted octanol–water partition coefficient (Wildman–Crippen LogP) is 2.90. The summed E-state index contributed by atoms with van der Waals surface area (Å²) in [5.41, 5.74) is 0. The first kappa shape index (κ1) is 16.8. The number of nitrogens with one attached hydrogen (secondary N) is 1. The van der Waals surface area contributed by atoms with Crippen molar-refractivity contribution in [3.63, 3.8) is 0 Å². The van der Waals surface area contributed by atoms with E-state index in [0.717, 1.165) is 11.3 Å². The van der Waals surface area contributed by atoms with Crippen molar-refractivity contribution in [1.29, 1.82) is 0 Å². The minimum atomic E-state index is -3.51. The molecular formula is C13H14ClN3O3S3. The molecule has 1 N–H and O–H groups in total. The molecule has 10 heteroatoms. The van der Waals surface area contributed by atoms with Gasteiger partial charge in [-0.1, -0.05) is 11.6 Å². The van der Waals surface area contributed by atoms with Crippen LogP contribution in [0.3, 0.4) is 0 Å². The van der Waals surface area contributed by atoms with E-state index in [1.807, 2.05) is 0 Å². The molecular weight excluding hydrogens is 378 g/mol. The average Bonchev–Trinajstić information content (AvgIpc) is 3.19. The zero-order valence-electron chi connectivity index (χ0n) is 11.9. The van der Waals surface area contributed by atoms with Gasteiger partial charge in [0.1, 0.15) is 4.21 Å². The molecule has 1 amide bonds. The van der Waals surface area contributed by atoms with Crippen LogP contribution >= 0.6 is 34.3 Å². The zero-order chi connectivity index (χ0) is 16.4. The van der Waals surface area contributed by atoms with Crippen molar-refractivity contribution in [3.8, 4) is 0 Å². The van der Waals surface area contributed by atoms with Gasteiger partial charge in [0.2, 0.25) is 5.91 Å².